The Labute approximate surface area is 119 Å². The van der Waals surface area contributed by atoms with Crippen LogP contribution < -0.4 is 10.1 Å². The van der Waals surface area contributed by atoms with Gasteiger partial charge >= 0.3 is 0 Å². The van der Waals surface area contributed by atoms with E-state index in [1.807, 2.05) is 0 Å². The number of hydrogen-bond donors (Lipinski definition) is 1. The molecule has 5 heteroatoms. The van der Waals surface area contributed by atoms with Crippen LogP contribution in [-0.4, -0.2) is 44.0 Å². The fourth-order valence-electron chi connectivity index (χ4n) is 1.66. The third-order valence-electron chi connectivity index (χ3n) is 3.03. The number of benzene rings is 1. The van der Waals surface area contributed by atoms with Crippen molar-refractivity contribution in [1.29, 1.82) is 0 Å². The molecule has 110 valence electrons. The molecule has 0 heterocycles. The van der Waals surface area contributed by atoms with E-state index in [0.717, 1.165) is 12.8 Å². The second-order valence-corrected chi connectivity index (χ2v) is 4.58. The third kappa shape index (κ3) is 4.91. The first kappa shape index (κ1) is 16.0. The molecule has 0 aliphatic rings. The Kier molecular flexibility index (Phi) is 6.56. The maximum atomic E-state index is 11.9. The summed E-state index contributed by atoms with van der Waals surface area (Å²) >= 11 is 0. The van der Waals surface area contributed by atoms with Crippen molar-refractivity contribution < 1.29 is 14.3 Å². The van der Waals surface area contributed by atoms with E-state index >= 15 is 0 Å². The number of unbranched alkanes of at least 4 members (excludes halogenated alkanes) is 1. The molecule has 1 N–H and O–H groups in total. The Balaban J connectivity index is 2.43. The topological polar surface area (TPSA) is 58.6 Å². The van der Waals surface area contributed by atoms with Gasteiger partial charge in [0.2, 0.25) is 5.91 Å². The predicted octanol–water partition coefficient (Wildman–Crippen LogP) is 1.68. The molecule has 1 aromatic rings. The van der Waals surface area contributed by atoms with Crippen molar-refractivity contribution in [3.63, 3.8) is 0 Å². The molecule has 1 rings (SSSR count). The lowest BCUT2D eigenvalue weighted by molar-refractivity contribution is -0.128. The smallest absolute Gasteiger partial charge is 0.251 e. The van der Waals surface area contributed by atoms with Crippen LogP contribution in [0.2, 0.25) is 0 Å². The SMILES string of the molecule is CCCCN(C)C(=O)CNC(=O)c1ccc(OC)cc1. The third-order valence-corrected chi connectivity index (χ3v) is 3.03. The van der Waals surface area contributed by atoms with Crippen molar-refractivity contribution in [2.24, 2.45) is 0 Å². The Bertz CT molecular complexity index is 443. The molecule has 0 spiro atoms. The zero-order valence-electron chi connectivity index (χ0n) is 12.3. The molecule has 0 fully saturated rings. The van der Waals surface area contributed by atoms with Gasteiger partial charge in [-0.2, -0.15) is 0 Å². The standard InChI is InChI=1S/C15H22N2O3/c1-4-5-10-17(2)14(18)11-16-15(19)12-6-8-13(20-3)9-7-12/h6-9H,4-5,10-11H2,1-3H3,(H,16,19). The summed E-state index contributed by atoms with van der Waals surface area (Å²) < 4.78 is 5.02. The maximum Gasteiger partial charge on any atom is 0.251 e. The highest BCUT2D eigenvalue weighted by Gasteiger charge is 2.11. The van der Waals surface area contributed by atoms with Crippen LogP contribution in [-0.2, 0) is 4.79 Å². The van der Waals surface area contributed by atoms with Gasteiger partial charge < -0.3 is 15.0 Å². The largest absolute Gasteiger partial charge is 0.497 e. The number of rotatable bonds is 7. The van der Waals surface area contributed by atoms with Crippen LogP contribution in [0.1, 0.15) is 30.1 Å². The summed E-state index contributed by atoms with van der Waals surface area (Å²) in [6, 6.07) is 6.76. The van der Waals surface area contributed by atoms with E-state index in [0.29, 0.717) is 17.9 Å². The zero-order valence-corrected chi connectivity index (χ0v) is 12.3. The highest BCUT2D eigenvalue weighted by Crippen LogP contribution is 2.10. The lowest BCUT2D eigenvalue weighted by Crippen LogP contribution is -2.38. The number of likely N-dealkylation sites (N-methyl/N-ethyl adjacent to an activating group) is 1. The number of amides is 2. The molecular formula is C15H22N2O3. The van der Waals surface area contributed by atoms with E-state index < -0.39 is 0 Å². The van der Waals surface area contributed by atoms with Gasteiger partial charge in [0.1, 0.15) is 5.75 Å². The second kappa shape index (κ2) is 8.19. The number of carbonyl (C=O) groups is 2. The maximum absolute atomic E-state index is 11.9. The van der Waals surface area contributed by atoms with Crippen LogP contribution in [0.25, 0.3) is 0 Å². The van der Waals surface area contributed by atoms with Crippen molar-refractivity contribution in [1.82, 2.24) is 10.2 Å². The molecule has 0 aliphatic heterocycles. The molecule has 1 aromatic carbocycles. The molecule has 0 bridgehead atoms. The van der Waals surface area contributed by atoms with E-state index in [-0.39, 0.29) is 18.4 Å². The molecule has 0 saturated carbocycles. The van der Waals surface area contributed by atoms with Crippen LogP contribution in [0, 0.1) is 0 Å². The van der Waals surface area contributed by atoms with E-state index in [2.05, 4.69) is 12.2 Å². The van der Waals surface area contributed by atoms with Crippen molar-refractivity contribution in [2.45, 2.75) is 19.8 Å². The first-order valence-corrected chi connectivity index (χ1v) is 6.74. The average molecular weight is 278 g/mol. The summed E-state index contributed by atoms with van der Waals surface area (Å²) in [5, 5.41) is 2.62. The fourth-order valence-corrected chi connectivity index (χ4v) is 1.66. The Hall–Kier alpha value is -2.04. The highest BCUT2D eigenvalue weighted by atomic mass is 16.5. The summed E-state index contributed by atoms with van der Waals surface area (Å²) in [4.78, 5) is 25.3. The molecule has 0 unspecified atom stereocenters. The molecule has 0 radical (unpaired) electrons. The van der Waals surface area contributed by atoms with Gasteiger partial charge in [0.25, 0.3) is 5.91 Å². The van der Waals surface area contributed by atoms with Gasteiger partial charge in [-0.3, -0.25) is 9.59 Å². The molecule has 5 nitrogen and oxygen atoms in total. The number of methoxy groups -OCH3 is 1. The minimum Gasteiger partial charge on any atom is -0.497 e. The molecule has 0 atom stereocenters. The van der Waals surface area contributed by atoms with Gasteiger partial charge in [-0.15, -0.1) is 0 Å². The van der Waals surface area contributed by atoms with Crippen molar-refractivity contribution in [3.8, 4) is 5.75 Å². The zero-order chi connectivity index (χ0) is 15.0. The minimum absolute atomic E-state index is 0.0189. The molecule has 0 aromatic heterocycles. The Morgan fingerprint density at radius 3 is 2.45 bits per heavy atom. The number of nitrogens with zero attached hydrogens (tertiary/aromatic N) is 1. The Morgan fingerprint density at radius 1 is 1.25 bits per heavy atom. The summed E-state index contributed by atoms with van der Waals surface area (Å²) in [5.41, 5.74) is 0.509. The first-order chi connectivity index (χ1) is 9.58. The number of ether oxygens (including phenoxy) is 1. The van der Waals surface area contributed by atoms with E-state index in [1.165, 1.54) is 0 Å². The van der Waals surface area contributed by atoms with Crippen molar-refractivity contribution in [3.05, 3.63) is 29.8 Å². The van der Waals surface area contributed by atoms with Crippen LogP contribution in [0.3, 0.4) is 0 Å². The van der Waals surface area contributed by atoms with Gasteiger partial charge in [-0.05, 0) is 30.7 Å². The first-order valence-electron chi connectivity index (χ1n) is 6.74. The summed E-state index contributed by atoms with van der Waals surface area (Å²) in [6.45, 7) is 2.81. The minimum atomic E-state index is -0.259. The van der Waals surface area contributed by atoms with Crippen molar-refractivity contribution >= 4 is 11.8 Å². The monoisotopic (exact) mass is 278 g/mol. The summed E-state index contributed by atoms with van der Waals surface area (Å²) in [6.07, 6.45) is 2.00. The normalized spacial score (nSPS) is 9.95. The van der Waals surface area contributed by atoms with Gasteiger partial charge in [0.15, 0.2) is 0 Å². The second-order valence-electron chi connectivity index (χ2n) is 4.58. The van der Waals surface area contributed by atoms with Crippen LogP contribution >= 0.6 is 0 Å². The molecule has 2 amide bonds. The molecule has 20 heavy (non-hydrogen) atoms. The van der Waals surface area contributed by atoms with Crippen LogP contribution in [0.15, 0.2) is 24.3 Å². The average Bonchev–Trinajstić information content (AvgIpc) is 2.49. The van der Waals surface area contributed by atoms with E-state index in [1.54, 1.807) is 43.3 Å². The predicted molar refractivity (Wildman–Crippen MR) is 77.9 cm³/mol. The van der Waals surface area contributed by atoms with Gasteiger partial charge in [-0.25, -0.2) is 0 Å². The van der Waals surface area contributed by atoms with E-state index in [4.69, 9.17) is 4.74 Å². The van der Waals surface area contributed by atoms with Crippen LogP contribution in [0.4, 0.5) is 0 Å². The summed E-state index contributed by atoms with van der Waals surface area (Å²) in [5.74, 6) is 0.349. The van der Waals surface area contributed by atoms with Gasteiger partial charge in [0, 0.05) is 19.2 Å². The molecule has 0 aliphatic carbocycles. The highest BCUT2D eigenvalue weighted by molar-refractivity contribution is 5.96. The number of nitrogens with one attached hydrogen (secondary N) is 1. The lowest BCUT2D eigenvalue weighted by atomic mass is 10.2. The number of carbonyl (C=O) groups excluding carboxylic acids is 2. The lowest BCUT2D eigenvalue weighted by Gasteiger charge is -2.16. The Morgan fingerprint density at radius 2 is 1.90 bits per heavy atom. The molecular weight excluding hydrogens is 256 g/mol. The van der Waals surface area contributed by atoms with Crippen molar-refractivity contribution in [2.75, 3.05) is 27.2 Å². The quantitative estimate of drug-likeness (QED) is 0.825. The van der Waals surface area contributed by atoms with Gasteiger partial charge in [0.05, 0.1) is 13.7 Å². The van der Waals surface area contributed by atoms with Crippen LogP contribution in [0.5, 0.6) is 5.75 Å². The molecule has 0 saturated heterocycles. The number of hydrogen-bond acceptors (Lipinski definition) is 3. The fraction of sp³-hybridized carbons (Fsp3) is 0.467. The van der Waals surface area contributed by atoms with E-state index in [9.17, 15) is 9.59 Å². The summed E-state index contributed by atoms with van der Waals surface area (Å²) in [7, 11) is 3.32. The van der Waals surface area contributed by atoms with Gasteiger partial charge in [-0.1, -0.05) is 13.3 Å².